The lowest BCUT2D eigenvalue weighted by atomic mass is 10.0. The Morgan fingerprint density at radius 2 is 1.97 bits per heavy atom. The fourth-order valence-corrected chi connectivity index (χ4v) is 3.84. The number of rotatable bonds is 10. The number of carbonyl (C=O) groups is 1. The average molecular weight is 455 g/mol. The minimum atomic E-state index is -0.404. The molecule has 8 heteroatoms. The second-order valence-corrected chi connectivity index (χ2v) is 8.51. The van der Waals surface area contributed by atoms with Crippen LogP contribution in [0.5, 0.6) is 5.75 Å². The minimum absolute atomic E-state index is 0.109. The summed E-state index contributed by atoms with van der Waals surface area (Å²) in [5.41, 5.74) is 1.66. The lowest BCUT2D eigenvalue weighted by molar-refractivity contribution is -0.113. The SMILES string of the molecule is C=CCn1c(SCC(=O)Nc2cccc(F)c2)nnc1C(C)Oc1ccc(C(C)C)cc1. The normalized spacial score (nSPS) is 11.9. The van der Waals surface area contributed by atoms with Crippen molar-refractivity contribution in [2.24, 2.45) is 0 Å². The fraction of sp³-hybridized carbons (Fsp3) is 0.292. The number of thioether (sulfide) groups is 1. The van der Waals surface area contributed by atoms with Crippen LogP contribution in [0.25, 0.3) is 0 Å². The molecule has 0 aliphatic carbocycles. The van der Waals surface area contributed by atoms with Crippen LogP contribution >= 0.6 is 11.8 Å². The van der Waals surface area contributed by atoms with E-state index in [1.54, 1.807) is 18.2 Å². The van der Waals surface area contributed by atoms with Gasteiger partial charge in [0.2, 0.25) is 5.91 Å². The van der Waals surface area contributed by atoms with Crippen LogP contribution < -0.4 is 10.1 Å². The summed E-state index contributed by atoms with van der Waals surface area (Å²) in [5.74, 6) is 1.29. The van der Waals surface area contributed by atoms with E-state index in [1.807, 2.05) is 23.6 Å². The van der Waals surface area contributed by atoms with E-state index in [2.05, 4.69) is 48.1 Å². The van der Waals surface area contributed by atoms with Crippen molar-refractivity contribution in [1.82, 2.24) is 14.8 Å². The van der Waals surface area contributed by atoms with Crippen LogP contribution in [0.4, 0.5) is 10.1 Å². The highest BCUT2D eigenvalue weighted by atomic mass is 32.2. The first-order valence-corrected chi connectivity index (χ1v) is 11.3. The van der Waals surface area contributed by atoms with Crippen molar-refractivity contribution in [3.63, 3.8) is 0 Å². The summed E-state index contributed by atoms with van der Waals surface area (Å²) in [7, 11) is 0. The van der Waals surface area contributed by atoms with Gasteiger partial charge in [-0.25, -0.2) is 4.39 Å². The predicted molar refractivity (Wildman–Crippen MR) is 126 cm³/mol. The molecule has 0 spiro atoms. The Labute approximate surface area is 191 Å². The number of nitrogens with one attached hydrogen (secondary N) is 1. The third-order valence-electron chi connectivity index (χ3n) is 4.72. The highest BCUT2D eigenvalue weighted by molar-refractivity contribution is 7.99. The molecule has 6 nitrogen and oxygen atoms in total. The molecule has 1 heterocycles. The van der Waals surface area contributed by atoms with Gasteiger partial charge in [-0.05, 0) is 48.7 Å². The van der Waals surface area contributed by atoms with Gasteiger partial charge in [0.05, 0.1) is 5.75 Å². The van der Waals surface area contributed by atoms with Crippen molar-refractivity contribution in [1.29, 1.82) is 0 Å². The van der Waals surface area contributed by atoms with E-state index < -0.39 is 5.82 Å². The predicted octanol–water partition coefficient (Wildman–Crippen LogP) is 5.60. The number of halogens is 1. The number of nitrogens with zero attached hydrogens (tertiary/aromatic N) is 3. The second kappa shape index (κ2) is 10.9. The summed E-state index contributed by atoms with van der Waals surface area (Å²) in [6, 6.07) is 13.8. The van der Waals surface area contributed by atoms with E-state index in [0.717, 1.165) is 5.75 Å². The molecule has 3 aromatic rings. The molecule has 3 rings (SSSR count). The van der Waals surface area contributed by atoms with Gasteiger partial charge in [-0.3, -0.25) is 9.36 Å². The molecule has 2 aromatic carbocycles. The first kappa shape index (κ1) is 23.5. The molecule has 0 radical (unpaired) electrons. The molecule has 0 saturated heterocycles. The number of hydrogen-bond donors (Lipinski definition) is 1. The van der Waals surface area contributed by atoms with E-state index >= 15 is 0 Å². The van der Waals surface area contributed by atoms with Crippen molar-refractivity contribution in [3.05, 3.63) is 78.4 Å². The van der Waals surface area contributed by atoms with Crippen molar-refractivity contribution in [2.45, 2.75) is 44.5 Å². The zero-order valence-corrected chi connectivity index (χ0v) is 19.2. The van der Waals surface area contributed by atoms with Gasteiger partial charge in [0, 0.05) is 12.2 Å². The van der Waals surface area contributed by atoms with Gasteiger partial charge in [-0.15, -0.1) is 16.8 Å². The smallest absolute Gasteiger partial charge is 0.234 e. The van der Waals surface area contributed by atoms with Crippen molar-refractivity contribution < 1.29 is 13.9 Å². The van der Waals surface area contributed by atoms with Crippen LogP contribution in [-0.2, 0) is 11.3 Å². The van der Waals surface area contributed by atoms with Gasteiger partial charge in [0.15, 0.2) is 17.1 Å². The van der Waals surface area contributed by atoms with Gasteiger partial charge < -0.3 is 10.1 Å². The summed E-state index contributed by atoms with van der Waals surface area (Å²) in [6.45, 7) is 10.5. The largest absolute Gasteiger partial charge is 0.483 e. The fourth-order valence-electron chi connectivity index (χ4n) is 3.09. The zero-order chi connectivity index (χ0) is 23.1. The number of amides is 1. The first-order valence-electron chi connectivity index (χ1n) is 10.4. The van der Waals surface area contributed by atoms with Gasteiger partial charge in [0.25, 0.3) is 0 Å². The van der Waals surface area contributed by atoms with E-state index in [1.165, 1.54) is 29.5 Å². The van der Waals surface area contributed by atoms with Crippen LogP contribution in [0.2, 0.25) is 0 Å². The van der Waals surface area contributed by atoms with E-state index in [-0.39, 0.29) is 17.8 Å². The number of aromatic nitrogens is 3. The Kier molecular flexibility index (Phi) is 8.05. The van der Waals surface area contributed by atoms with Gasteiger partial charge >= 0.3 is 0 Å². The molecule has 1 N–H and O–H groups in total. The summed E-state index contributed by atoms with van der Waals surface area (Å²) in [5, 5.41) is 11.8. The molecule has 0 saturated carbocycles. The molecule has 32 heavy (non-hydrogen) atoms. The van der Waals surface area contributed by atoms with Crippen molar-refractivity contribution in [3.8, 4) is 5.75 Å². The molecule has 168 valence electrons. The number of anilines is 1. The van der Waals surface area contributed by atoms with Crippen LogP contribution in [0.1, 0.15) is 44.2 Å². The van der Waals surface area contributed by atoms with Crippen LogP contribution in [0.3, 0.4) is 0 Å². The van der Waals surface area contributed by atoms with E-state index in [4.69, 9.17) is 4.74 Å². The third-order valence-corrected chi connectivity index (χ3v) is 5.69. The van der Waals surface area contributed by atoms with Crippen LogP contribution in [-0.4, -0.2) is 26.4 Å². The van der Waals surface area contributed by atoms with Crippen LogP contribution in [0, 0.1) is 5.82 Å². The lowest BCUT2D eigenvalue weighted by Gasteiger charge is -2.16. The Morgan fingerprint density at radius 1 is 1.22 bits per heavy atom. The molecule has 1 atom stereocenters. The summed E-state index contributed by atoms with van der Waals surface area (Å²) >= 11 is 1.25. The van der Waals surface area contributed by atoms with Crippen molar-refractivity contribution >= 4 is 23.4 Å². The monoisotopic (exact) mass is 454 g/mol. The number of allylic oxidation sites excluding steroid dienone is 1. The Balaban J connectivity index is 1.66. The van der Waals surface area contributed by atoms with E-state index in [9.17, 15) is 9.18 Å². The lowest BCUT2D eigenvalue weighted by Crippen LogP contribution is -2.15. The molecule has 1 unspecified atom stereocenters. The average Bonchev–Trinajstić information content (AvgIpc) is 3.15. The molecule has 0 fully saturated rings. The van der Waals surface area contributed by atoms with Crippen LogP contribution in [0.15, 0.2) is 66.3 Å². The molecule has 1 amide bonds. The number of hydrogen-bond acceptors (Lipinski definition) is 5. The standard InChI is InChI=1S/C24H27FN4O2S/c1-5-13-29-23(17(4)31-21-11-9-18(10-12-21)16(2)3)27-28-24(29)32-15-22(30)26-20-8-6-7-19(25)14-20/h5-12,14,16-17H,1,13,15H2,2-4H3,(H,26,30). The maximum Gasteiger partial charge on any atom is 0.234 e. The molecule has 1 aromatic heterocycles. The molecule has 0 bridgehead atoms. The highest BCUT2D eigenvalue weighted by Gasteiger charge is 2.20. The third kappa shape index (κ3) is 6.20. The molecule has 0 aliphatic heterocycles. The van der Waals surface area contributed by atoms with Crippen molar-refractivity contribution in [2.75, 3.05) is 11.1 Å². The molecular weight excluding hydrogens is 427 g/mol. The number of benzene rings is 2. The topological polar surface area (TPSA) is 69.0 Å². The van der Waals surface area contributed by atoms with Gasteiger partial charge in [-0.1, -0.05) is 49.9 Å². The Bertz CT molecular complexity index is 1070. The first-order chi connectivity index (χ1) is 15.4. The molecule has 0 aliphatic rings. The maximum absolute atomic E-state index is 13.3. The summed E-state index contributed by atoms with van der Waals surface area (Å²) in [6.07, 6.45) is 1.40. The zero-order valence-electron chi connectivity index (χ0n) is 18.4. The quantitative estimate of drug-likeness (QED) is 0.319. The minimum Gasteiger partial charge on any atom is -0.483 e. The van der Waals surface area contributed by atoms with E-state index in [0.29, 0.717) is 29.1 Å². The maximum atomic E-state index is 13.3. The summed E-state index contributed by atoms with van der Waals surface area (Å²) < 4.78 is 21.2. The number of ether oxygens (including phenoxy) is 1. The second-order valence-electron chi connectivity index (χ2n) is 7.57. The molecular formula is C24H27FN4O2S. The Hall–Kier alpha value is -3.13. The van der Waals surface area contributed by atoms with Gasteiger partial charge in [0.1, 0.15) is 11.6 Å². The number of carbonyl (C=O) groups excluding carboxylic acids is 1. The Morgan fingerprint density at radius 3 is 2.62 bits per heavy atom. The highest BCUT2D eigenvalue weighted by Crippen LogP contribution is 2.26. The van der Waals surface area contributed by atoms with Gasteiger partial charge in [-0.2, -0.15) is 0 Å². The summed E-state index contributed by atoms with van der Waals surface area (Å²) in [4.78, 5) is 12.3.